The lowest BCUT2D eigenvalue weighted by molar-refractivity contribution is 0.0839. The molecule has 19 heavy (non-hydrogen) atoms. The molecule has 2 aliphatic heterocycles. The molecule has 0 spiro atoms. The average molecular weight is 262 g/mol. The predicted octanol–water partition coefficient (Wildman–Crippen LogP) is 1.43. The zero-order valence-corrected chi connectivity index (χ0v) is 11.5. The Morgan fingerprint density at radius 1 is 1.05 bits per heavy atom. The monoisotopic (exact) mass is 262 g/mol. The van der Waals surface area contributed by atoms with Crippen LogP contribution < -0.4 is 9.80 Å². The Balaban J connectivity index is 1.76. The van der Waals surface area contributed by atoms with E-state index >= 15 is 0 Å². The summed E-state index contributed by atoms with van der Waals surface area (Å²) in [5, 5.41) is 10.0. The number of piperidine rings is 1. The molecule has 0 aromatic carbocycles. The maximum absolute atomic E-state index is 10.0. The highest BCUT2D eigenvalue weighted by molar-refractivity contribution is 5.51. The quantitative estimate of drug-likeness (QED) is 0.874. The van der Waals surface area contributed by atoms with Crippen molar-refractivity contribution in [1.29, 1.82) is 0 Å². The number of hydrogen-bond acceptors (Lipinski definition) is 5. The molecule has 1 N–H and O–H groups in total. The predicted molar refractivity (Wildman–Crippen MR) is 75.5 cm³/mol. The number of nitrogens with zero attached hydrogens (tertiary/aromatic N) is 4. The van der Waals surface area contributed by atoms with E-state index in [1.54, 1.807) is 6.33 Å². The second-order valence-electron chi connectivity index (χ2n) is 5.95. The zero-order chi connectivity index (χ0) is 13.3. The lowest BCUT2D eigenvalue weighted by atomic mass is 10.1. The number of rotatable bonds is 2. The molecule has 1 unspecified atom stereocenters. The van der Waals surface area contributed by atoms with E-state index in [1.807, 2.05) is 6.92 Å². The molecule has 0 bridgehead atoms. The number of aliphatic hydroxyl groups is 1. The van der Waals surface area contributed by atoms with Crippen LogP contribution in [-0.4, -0.2) is 46.9 Å². The van der Waals surface area contributed by atoms with Crippen molar-refractivity contribution in [3.05, 3.63) is 12.4 Å². The number of anilines is 2. The molecule has 5 heteroatoms. The van der Waals surface area contributed by atoms with E-state index in [2.05, 4.69) is 25.8 Å². The van der Waals surface area contributed by atoms with E-state index in [0.29, 0.717) is 6.54 Å². The number of aromatic nitrogens is 2. The molecule has 0 radical (unpaired) electrons. The highest BCUT2D eigenvalue weighted by Gasteiger charge is 2.32. The zero-order valence-electron chi connectivity index (χ0n) is 11.5. The Bertz CT molecular complexity index is 443. The maximum atomic E-state index is 10.0. The van der Waals surface area contributed by atoms with Gasteiger partial charge in [0.1, 0.15) is 18.0 Å². The van der Waals surface area contributed by atoms with Crippen molar-refractivity contribution in [3.63, 3.8) is 0 Å². The summed E-state index contributed by atoms with van der Waals surface area (Å²) >= 11 is 0. The van der Waals surface area contributed by atoms with Crippen molar-refractivity contribution in [2.75, 3.05) is 36.0 Å². The summed E-state index contributed by atoms with van der Waals surface area (Å²) in [6, 6.07) is 2.06. The van der Waals surface area contributed by atoms with Gasteiger partial charge in [0.05, 0.1) is 5.60 Å². The lowest BCUT2D eigenvalue weighted by Gasteiger charge is -2.28. The van der Waals surface area contributed by atoms with Gasteiger partial charge in [-0.2, -0.15) is 0 Å². The minimum absolute atomic E-state index is 0.587. The fourth-order valence-electron chi connectivity index (χ4n) is 2.95. The summed E-state index contributed by atoms with van der Waals surface area (Å²) in [7, 11) is 0. The van der Waals surface area contributed by atoms with E-state index in [4.69, 9.17) is 0 Å². The van der Waals surface area contributed by atoms with Crippen molar-refractivity contribution in [1.82, 2.24) is 9.97 Å². The van der Waals surface area contributed by atoms with Crippen molar-refractivity contribution < 1.29 is 5.11 Å². The average Bonchev–Trinajstić information content (AvgIpc) is 2.80. The van der Waals surface area contributed by atoms with Gasteiger partial charge in [0.25, 0.3) is 0 Å². The van der Waals surface area contributed by atoms with Gasteiger partial charge in [-0.3, -0.25) is 0 Å². The van der Waals surface area contributed by atoms with E-state index in [-0.39, 0.29) is 0 Å². The van der Waals surface area contributed by atoms with Gasteiger partial charge in [-0.1, -0.05) is 0 Å². The maximum Gasteiger partial charge on any atom is 0.134 e. The number of hydrogen-bond donors (Lipinski definition) is 1. The second-order valence-corrected chi connectivity index (χ2v) is 5.95. The molecule has 3 heterocycles. The summed E-state index contributed by atoms with van der Waals surface area (Å²) in [5.74, 6) is 1.96. The Labute approximate surface area is 114 Å². The molecule has 1 aromatic heterocycles. The van der Waals surface area contributed by atoms with Crippen LogP contribution in [0.1, 0.15) is 32.6 Å². The minimum Gasteiger partial charge on any atom is -0.388 e. The van der Waals surface area contributed by atoms with Crippen molar-refractivity contribution in [2.45, 2.75) is 38.2 Å². The first-order chi connectivity index (χ1) is 9.14. The third kappa shape index (κ3) is 2.81. The fraction of sp³-hybridized carbons (Fsp3) is 0.714. The Morgan fingerprint density at radius 3 is 2.37 bits per heavy atom. The van der Waals surface area contributed by atoms with Crippen LogP contribution in [0.3, 0.4) is 0 Å². The van der Waals surface area contributed by atoms with E-state index in [1.165, 1.54) is 19.3 Å². The lowest BCUT2D eigenvalue weighted by Crippen LogP contribution is -2.32. The molecular formula is C14H22N4O. The Hall–Kier alpha value is -1.36. The third-order valence-electron chi connectivity index (χ3n) is 4.09. The smallest absolute Gasteiger partial charge is 0.134 e. The van der Waals surface area contributed by atoms with Gasteiger partial charge in [0.2, 0.25) is 0 Å². The van der Waals surface area contributed by atoms with Gasteiger partial charge < -0.3 is 14.9 Å². The normalized spacial score (nSPS) is 27.9. The van der Waals surface area contributed by atoms with Gasteiger partial charge in [-0.05, 0) is 32.6 Å². The van der Waals surface area contributed by atoms with E-state index < -0.39 is 5.60 Å². The standard InChI is InChI=1S/C14H22N4O/c1-14(19)5-8-18(10-14)13-9-12(15-11-16-13)17-6-3-2-4-7-17/h9,11,19H,2-8,10H2,1H3. The molecule has 1 atom stereocenters. The summed E-state index contributed by atoms with van der Waals surface area (Å²) in [6.45, 7) is 5.59. The fourth-order valence-corrected chi connectivity index (χ4v) is 2.95. The van der Waals surface area contributed by atoms with Crippen LogP contribution in [0.5, 0.6) is 0 Å². The molecule has 2 saturated heterocycles. The highest BCUT2D eigenvalue weighted by Crippen LogP contribution is 2.27. The third-order valence-corrected chi connectivity index (χ3v) is 4.09. The van der Waals surface area contributed by atoms with Crippen molar-refractivity contribution >= 4 is 11.6 Å². The van der Waals surface area contributed by atoms with Gasteiger partial charge in [0, 0.05) is 32.2 Å². The molecule has 1 aromatic rings. The molecular weight excluding hydrogens is 240 g/mol. The topological polar surface area (TPSA) is 52.5 Å². The first-order valence-corrected chi connectivity index (χ1v) is 7.18. The molecule has 3 rings (SSSR count). The molecule has 0 amide bonds. The van der Waals surface area contributed by atoms with Gasteiger partial charge in [-0.25, -0.2) is 9.97 Å². The molecule has 0 saturated carbocycles. The van der Waals surface area contributed by atoms with Crippen molar-refractivity contribution in [2.24, 2.45) is 0 Å². The van der Waals surface area contributed by atoms with Crippen LogP contribution in [0.2, 0.25) is 0 Å². The van der Waals surface area contributed by atoms with E-state index in [9.17, 15) is 5.11 Å². The van der Waals surface area contributed by atoms with Crippen LogP contribution in [0.25, 0.3) is 0 Å². The van der Waals surface area contributed by atoms with Gasteiger partial charge in [-0.15, -0.1) is 0 Å². The van der Waals surface area contributed by atoms with Crippen LogP contribution in [-0.2, 0) is 0 Å². The summed E-state index contributed by atoms with van der Waals surface area (Å²) in [6.07, 6.45) is 6.27. The van der Waals surface area contributed by atoms with Crippen LogP contribution >= 0.6 is 0 Å². The first-order valence-electron chi connectivity index (χ1n) is 7.18. The van der Waals surface area contributed by atoms with Gasteiger partial charge >= 0.3 is 0 Å². The SMILES string of the molecule is CC1(O)CCN(c2cc(N3CCCCC3)ncn2)C1. The second kappa shape index (κ2) is 4.96. The molecule has 5 nitrogen and oxygen atoms in total. The molecule has 2 fully saturated rings. The number of β-amino-alcohol motifs (C(OH)–C–C–N with tert-alkyl or cyclic N) is 1. The van der Waals surface area contributed by atoms with Crippen LogP contribution in [0, 0.1) is 0 Å². The van der Waals surface area contributed by atoms with Crippen LogP contribution in [0.15, 0.2) is 12.4 Å². The Morgan fingerprint density at radius 2 is 1.74 bits per heavy atom. The molecule has 104 valence electrons. The van der Waals surface area contributed by atoms with Crippen molar-refractivity contribution in [3.8, 4) is 0 Å². The summed E-state index contributed by atoms with van der Waals surface area (Å²) in [4.78, 5) is 13.2. The summed E-state index contributed by atoms with van der Waals surface area (Å²) < 4.78 is 0. The van der Waals surface area contributed by atoms with Crippen LogP contribution in [0.4, 0.5) is 11.6 Å². The van der Waals surface area contributed by atoms with E-state index in [0.717, 1.165) is 37.7 Å². The summed E-state index contributed by atoms with van der Waals surface area (Å²) in [5.41, 5.74) is -0.587. The van der Waals surface area contributed by atoms with Gasteiger partial charge in [0.15, 0.2) is 0 Å². The highest BCUT2D eigenvalue weighted by atomic mass is 16.3. The molecule has 2 aliphatic rings. The minimum atomic E-state index is -0.587. The first kappa shape index (κ1) is 12.7. The largest absolute Gasteiger partial charge is 0.388 e. The Kier molecular flexibility index (Phi) is 3.31. The molecule has 0 aliphatic carbocycles.